The molecule has 0 aliphatic carbocycles. The molecular formula is C23H26ClFN4O. The van der Waals surface area contributed by atoms with Gasteiger partial charge in [-0.2, -0.15) is 5.10 Å². The van der Waals surface area contributed by atoms with Crippen LogP contribution in [0.3, 0.4) is 0 Å². The Morgan fingerprint density at radius 2 is 1.87 bits per heavy atom. The predicted molar refractivity (Wildman–Crippen MR) is 118 cm³/mol. The summed E-state index contributed by atoms with van der Waals surface area (Å²) in [5.41, 5.74) is 9.03. The van der Waals surface area contributed by atoms with Crippen LogP contribution in [-0.4, -0.2) is 39.7 Å². The first-order valence-corrected chi connectivity index (χ1v) is 9.94. The lowest BCUT2D eigenvalue weighted by molar-refractivity contribution is -0.131. The minimum atomic E-state index is -0.299. The van der Waals surface area contributed by atoms with Crippen LogP contribution in [0.5, 0.6) is 0 Å². The van der Waals surface area contributed by atoms with Gasteiger partial charge >= 0.3 is 0 Å². The van der Waals surface area contributed by atoms with Crippen LogP contribution in [0.2, 0.25) is 0 Å². The summed E-state index contributed by atoms with van der Waals surface area (Å²) in [6, 6.07) is 16.2. The summed E-state index contributed by atoms with van der Waals surface area (Å²) >= 11 is 0. The van der Waals surface area contributed by atoms with Crippen molar-refractivity contribution in [3.8, 4) is 16.9 Å². The third-order valence-corrected chi connectivity index (χ3v) is 5.59. The smallest absolute Gasteiger partial charge is 0.227 e. The van der Waals surface area contributed by atoms with Crippen LogP contribution in [0, 0.1) is 11.7 Å². The van der Waals surface area contributed by atoms with Gasteiger partial charge in [0.15, 0.2) is 0 Å². The van der Waals surface area contributed by atoms with Gasteiger partial charge in [0.05, 0.1) is 17.8 Å². The fourth-order valence-electron chi connectivity index (χ4n) is 4.03. The van der Waals surface area contributed by atoms with Crippen molar-refractivity contribution in [2.45, 2.75) is 25.8 Å². The van der Waals surface area contributed by atoms with Crippen LogP contribution < -0.4 is 5.73 Å². The van der Waals surface area contributed by atoms with E-state index in [1.54, 1.807) is 16.8 Å². The van der Waals surface area contributed by atoms with E-state index in [-0.39, 0.29) is 36.6 Å². The molecule has 3 aromatic rings. The van der Waals surface area contributed by atoms with Crippen molar-refractivity contribution in [1.29, 1.82) is 0 Å². The highest BCUT2D eigenvalue weighted by molar-refractivity contribution is 5.85. The van der Waals surface area contributed by atoms with Gasteiger partial charge in [-0.05, 0) is 62.2 Å². The topological polar surface area (TPSA) is 64.2 Å². The number of halogens is 2. The molecule has 0 spiro atoms. The first kappa shape index (κ1) is 22.0. The lowest BCUT2D eigenvalue weighted by atomic mass is 10.1. The number of benzene rings is 2. The van der Waals surface area contributed by atoms with Gasteiger partial charge < -0.3 is 10.6 Å². The second-order valence-corrected chi connectivity index (χ2v) is 7.70. The van der Waals surface area contributed by atoms with E-state index >= 15 is 0 Å². The molecule has 2 atom stereocenters. The van der Waals surface area contributed by atoms with E-state index in [2.05, 4.69) is 6.92 Å². The molecular weight excluding hydrogens is 403 g/mol. The van der Waals surface area contributed by atoms with Crippen molar-refractivity contribution in [3.63, 3.8) is 0 Å². The number of nitrogens with zero attached hydrogens (tertiary/aromatic N) is 3. The molecule has 0 radical (unpaired) electrons. The van der Waals surface area contributed by atoms with Gasteiger partial charge in [-0.25, -0.2) is 9.07 Å². The van der Waals surface area contributed by atoms with E-state index in [4.69, 9.17) is 10.8 Å². The summed E-state index contributed by atoms with van der Waals surface area (Å²) in [4.78, 5) is 15.0. The van der Waals surface area contributed by atoms with E-state index in [1.807, 2.05) is 41.4 Å². The number of carbonyl (C=O) groups excluding carboxylic acids is 1. The van der Waals surface area contributed by atoms with Gasteiger partial charge in [-0.15, -0.1) is 12.4 Å². The molecule has 1 aliphatic heterocycles. The maximum Gasteiger partial charge on any atom is 0.227 e. The number of rotatable bonds is 5. The largest absolute Gasteiger partial charge is 0.339 e. The second kappa shape index (κ2) is 9.41. The Bertz CT molecular complexity index is 990. The van der Waals surface area contributed by atoms with E-state index in [0.717, 1.165) is 23.2 Å². The summed E-state index contributed by atoms with van der Waals surface area (Å²) in [7, 11) is 0. The summed E-state index contributed by atoms with van der Waals surface area (Å²) in [5, 5.41) is 4.71. The zero-order valence-corrected chi connectivity index (χ0v) is 17.7. The molecule has 1 aromatic heterocycles. The number of nitrogens with two attached hydrogens (primary N) is 1. The van der Waals surface area contributed by atoms with Gasteiger partial charge in [0.2, 0.25) is 5.91 Å². The average Bonchev–Trinajstić information content (AvgIpc) is 3.33. The Morgan fingerprint density at radius 3 is 2.50 bits per heavy atom. The number of hydrogen-bond acceptors (Lipinski definition) is 3. The molecule has 1 aliphatic rings. The molecule has 1 amide bonds. The van der Waals surface area contributed by atoms with Gasteiger partial charge in [0.25, 0.3) is 0 Å². The molecule has 2 unspecified atom stereocenters. The fourth-order valence-corrected chi connectivity index (χ4v) is 4.03. The average molecular weight is 429 g/mol. The SMILES string of the molecule is CC1CC(CN)CN1C(=O)Cc1cn(-c2ccccc2)nc1-c1ccc(F)cc1.Cl. The van der Waals surface area contributed by atoms with E-state index in [0.29, 0.717) is 24.7 Å². The highest BCUT2D eigenvalue weighted by Gasteiger charge is 2.32. The normalized spacial score (nSPS) is 18.3. The molecule has 7 heteroatoms. The molecule has 4 rings (SSSR count). The number of hydrogen-bond donors (Lipinski definition) is 1. The Balaban J connectivity index is 0.00000256. The van der Waals surface area contributed by atoms with E-state index in [9.17, 15) is 9.18 Å². The van der Waals surface area contributed by atoms with Crippen molar-refractivity contribution >= 4 is 18.3 Å². The highest BCUT2D eigenvalue weighted by atomic mass is 35.5. The molecule has 0 bridgehead atoms. The minimum Gasteiger partial charge on any atom is -0.339 e. The van der Waals surface area contributed by atoms with Crippen molar-refractivity contribution in [3.05, 3.63) is 72.2 Å². The monoisotopic (exact) mass is 428 g/mol. The van der Waals surface area contributed by atoms with E-state index < -0.39 is 0 Å². The van der Waals surface area contributed by atoms with E-state index in [1.165, 1.54) is 12.1 Å². The first-order chi connectivity index (χ1) is 14.0. The molecule has 1 saturated heterocycles. The number of para-hydroxylation sites is 1. The number of amides is 1. The molecule has 0 saturated carbocycles. The van der Waals surface area contributed by atoms with Crippen LogP contribution in [0.4, 0.5) is 4.39 Å². The maximum atomic E-state index is 13.4. The standard InChI is InChI=1S/C23H25FN4O.ClH/c1-16-11-17(13-25)14-27(16)22(29)12-19-15-28(21-5-3-2-4-6-21)26-23(19)18-7-9-20(24)10-8-18;/h2-10,15-17H,11-14,25H2,1H3;1H. The molecule has 2 N–H and O–H groups in total. The van der Waals surface area contributed by atoms with Crippen molar-refractivity contribution < 1.29 is 9.18 Å². The number of carbonyl (C=O) groups is 1. The molecule has 2 heterocycles. The Labute approximate surface area is 182 Å². The molecule has 30 heavy (non-hydrogen) atoms. The zero-order valence-electron chi connectivity index (χ0n) is 16.9. The van der Waals surface area contributed by atoms with Crippen LogP contribution >= 0.6 is 12.4 Å². The summed E-state index contributed by atoms with van der Waals surface area (Å²) in [6.45, 7) is 3.37. The molecule has 158 valence electrons. The first-order valence-electron chi connectivity index (χ1n) is 9.94. The van der Waals surface area contributed by atoms with Gasteiger partial charge in [-0.1, -0.05) is 18.2 Å². The maximum absolute atomic E-state index is 13.4. The minimum absolute atomic E-state index is 0. The fraction of sp³-hybridized carbons (Fsp3) is 0.304. The highest BCUT2D eigenvalue weighted by Crippen LogP contribution is 2.27. The zero-order chi connectivity index (χ0) is 20.4. The molecule has 2 aromatic carbocycles. The van der Waals surface area contributed by atoms with Crippen LogP contribution in [0.15, 0.2) is 60.8 Å². The van der Waals surface area contributed by atoms with Crippen molar-refractivity contribution in [1.82, 2.24) is 14.7 Å². The third-order valence-electron chi connectivity index (χ3n) is 5.59. The lowest BCUT2D eigenvalue weighted by Gasteiger charge is -2.21. The molecule has 5 nitrogen and oxygen atoms in total. The van der Waals surface area contributed by atoms with Crippen LogP contribution in [-0.2, 0) is 11.2 Å². The van der Waals surface area contributed by atoms with Gasteiger partial charge in [0, 0.05) is 29.9 Å². The lowest BCUT2D eigenvalue weighted by Crippen LogP contribution is -2.35. The van der Waals surface area contributed by atoms with Gasteiger partial charge in [0.1, 0.15) is 5.82 Å². The second-order valence-electron chi connectivity index (χ2n) is 7.70. The number of aromatic nitrogens is 2. The quantitative estimate of drug-likeness (QED) is 0.671. The van der Waals surface area contributed by atoms with Crippen molar-refractivity contribution in [2.24, 2.45) is 11.7 Å². The number of likely N-dealkylation sites (tertiary alicyclic amines) is 1. The predicted octanol–water partition coefficient (Wildman–Crippen LogP) is 3.84. The summed E-state index contributed by atoms with van der Waals surface area (Å²) < 4.78 is 15.2. The van der Waals surface area contributed by atoms with Crippen LogP contribution in [0.25, 0.3) is 16.9 Å². The molecule has 1 fully saturated rings. The Morgan fingerprint density at radius 1 is 1.17 bits per heavy atom. The third kappa shape index (κ3) is 4.55. The Kier molecular flexibility index (Phi) is 6.90. The Hall–Kier alpha value is -2.70. The van der Waals surface area contributed by atoms with Crippen molar-refractivity contribution in [2.75, 3.05) is 13.1 Å². The summed E-state index contributed by atoms with van der Waals surface area (Å²) in [6.07, 6.45) is 3.09. The summed E-state index contributed by atoms with van der Waals surface area (Å²) in [5.74, 6) is 0.134. The van der Waals surface area contributed by atoms with Gasteiger partial charge in [-0.3, -0.25) is 4.79 Å². The van der Waals surface area contributed by atoms with Crippen LogP contribution in [0.1, 0.15) is 18.9 Å².